The molecule has 0 amide bonds. The van der Waals surface area contributed by atoms with E-state index in [4.69, 9.17) is 4.74 Å². The van der Waals surface area contributed by atoms with Gasteiger partial charge in [0.25, 0.3) is 0 Å². The normalized spacial score (nSPS) is 14.4. The zero-order chi connectivity index (χ0) is 22.9. The maximum Gasteiger partial charge on any atom is 0.345 e. The lowest BCUT2D eigenvalue weighted by atomic mass is 10.1. The number of aliphatic hydroxyl groups excluding tert-OH is 1. The van der Waals surface area contributed by atoms with E-state index >= 15 is 0 Å². The highest BCUT2D eigenvalue weighted by atomic mass is 127. The second-order valence-corrected chi connectivity index (χ2v) is 8.29. The molecule has 9 nitrogen and oxygen atoms in total. The molecule has 10 heteroatoms. The molecule has 1 aliphatic heterocycles. The number of guanidine groups is 1. The van der Waals surface area contributed by atoms with Crippen LogP contribution in [0.2, 0.25) is 0 Å². The summed E-state index contributed by atoms with van der Waals surface area (Å²) in [5.41, 5.74) is 0.762. The van der Waals surface area contributed by atoms with Crippen LogP contribution >= 0.6 is 24.0 Å². The van der Waals surface area contributed by atoms with Crippen molar-refractivity contribution < 1.29 is 9.84 Å². The fraction of sp³-hybridized carbons (Fsp3) is 0.609. The Bertz CT molecular complexity index is 956. The summed E-state index contributed by atoms with van der Waals surface area (Å²) < 4.78 is 9.07. The third kappa shape index (κ3) is 8.02. The Morgan fingerprint density at radius 3 is 2.85 bits per heavy atom. The summed E-state index contributed by atoms with van der Waals surface area (Å²) in [6.07, 6.45) is 3.13. The lowest BCUT2D eigenvalue weighted by Crippen LogP contribution is -2.38. The van der Waals surface area contributed by atoms with Gasteiger partial charge < -0.3 is 20.5 Å². The molecule has 0 saturated carbocycles. The van der Waals surface area contributed by atoms with Gasteiger partial charge in [0.05, 0.1) is 18.8 Å². The van der Waals surface area contributed by atoms with Crippen LogP contribution in [0.3, 0.4) is 0 Å². The number of rotatable bonds is 10. The molecule has 1 atom stereocenters. The molecule has 0 radical (unpaired) electrons. The number of hydrogen-bond acceptors (Lipinski definition) is 5. The van der Waals surface area contributed by atoms with Gasteiger partial charge in [-0.15, -0.1) is 24.0 Å². The van der Waals surface area contributed by atoms with Crippen molar-refractivity contribution in [1.82, 2.24) is 25.0 Å². The van der Waals surface area contributed by atoms with Crippen molar-refractivity contribution in [2.45, 2.75) is 71.8 Å². The van der Waals surface area contributed by atoms with Gasteiger partial charge in [0.2, 0.25) is 0 Å². The first-order valence-electron chi connectivity index (χ1n) is 11.6. The van der Waals surface area contributed by atoms with Gasteiger partial charge in [-0.1, -0.05) is 12.1 Å². The minimum atomic E-state index is -0.725. The second-order valence-electron chi connectivity index (χ2n) is 8.29. The molecular weight excluding hydrogens is 535 g/mol. The third-order valence-electron chi connectivity index (χ3n) is 5.25. The Morgan fingerprint density at radius 1 is 1.30 bits per heavy atom. The Balaban J connectivity index is 0.00000385. The predicted octanol–water partition coefficient (Wildman–Crippen LogP) is 2.47. The Kier molecular flexibility index (Phi) is 11.2. The first-order chi connectivity index (χ1) is 15.5. The summed E-state index contributed by atoms with van der Waals surface area (Å²) in [5.74, 6) is 2.28. The summed E-state index contributed by atoms with van der Waals surface area (Å²) in [4.78, 5) is 16.9. The summed E-state index contributed by atoms with van der Waals surface area (Å²) in [6.45, 7) is 8.87. The molecule has 3 rings (SSSR count). The highest BCUT2D eigenvalue weighted by Crippen LogP contribution is 2.20. The number of fused-ring (bicyclic) bond motifs is 1. The van der Waals surface area contributed by atoms with Crippen molar-refractivity contribution in [3.63, 3.8) is 0 Å². The average Bonchev–Trinajstić information content (AvgIpc) is 3.10. The summed E-state index contributed by atoms with van der Waals surface area (Å²) in [7, 11) is 0. The molecule has 3 N–H and O–H groups in total. The standard InChI is InChI=1S/C23H36N6O3.HI/c1-4-24-22(26-16-20(30)18-9-7-10-19(15-18)32-17(2)3)25-12-8-14-29-23(31)28-13-6-5-11-21(28)27-29;/h7,9-10,15,17,20,30H,4-6,8,11-14,16H2,1-3H3,(H2,24,25,26);1H. The highest BCUT2D eigenvalue weighted by molar-refractivity contribution is 14.0. The first kappa shape index (κ1) is 27.2. The lowest BCUT2D eigenvalue weighted by molar-refractivity contribution is 0.185. The molecule has 2 aromatic rings. The molecule has 33 heavy (non-hydrogen) atoms. The fourth-order valence-corrected chi connectivity index (χ4v) is 3.72. The molecule has 0 saturated heterocycles. The average molecular weight is 572 g/mol. The van der Waals surface area contributed by atoms with Gasteiger partial charge in [0.15, 0.2) is 5.96 Å². The van der Waals surface area contributed by atoms with Gasteiger partial charge in [0.1, 0.15) is 11.6 Å². The van der Waals surface area contributed by atoms with Crippen molar-refractivity contribution >= 4 is 29.9 Å². The van der Waals surface area contributed by atoms with Crippen LogP contribution in [-0.4, -0.2) is 51.2 Å². The van der Waals surface area contributed by atoms with Crippen LogP contribution in [0.1, 0.15) is 57.5 Å². The molecule has 1 aromatic carbocycles. The van der Waals surface area contributed by atoms with Gasteiger partial charge in [0, 0.05) is 32.6 Å². The van der Waals surface area contributed by atoms with Gasteiger partial charge in [-0.25, -0.2) is 9.48 Å². The van der Waals surface area contributed by atoms with E-state index in [1.165, 1.54) is 0 Å². The number of aryl methyl sites for hydroxylation is 2. The van der Waals surface area contributed by atoms with Crippen molar-refractivity contribution in [1.29, 1.82) is 0 Å². The van der Waals surface area contributed by atoms with Crippen LogP contribution in [0.15, 0.2) is 34.1 Å². The van der Waals surface area contributed by atoms with Gasteiger partial charge in [-0.2, -0.15) is 5.10 Å². The molecule has 0 aliphatic carbocycles. The monoisotopic (exact) mass is 572 g/mol. The number of aliphatic hydroxyl groups is 1. The minimum Gasteiger partial charge on any atom is -0.491 e. The van der Waals surface area contributed by atoms with Crippen molar-refractivity contribution in [2.75, 3.05) is 19.6 Å². The SMILES string of the molecule is CCNC(=NCC(O)c1cccc(OC(C)C)c1)NCCCn1nc2n(c1=O)CCCC2.I. The summed E-state index contributed by atoms with van der Waals surface area (Å²) >= 11 is 0. The van der Waals surface area contributed by atoms with Crippen LogP contribution in [0.5, 0.6) is 5.75 Å². The minimum absolute atomic E-state index is 0. The summed E-state index contributed by atoms with van der Waals surface area (Å²) in [5, 5.41) is 21.5. The molecule has 0 bridgehead atoms. The second kappa shape index (κ2) is 13.6. The lowest BCUT2D eigenvalue weighted by Gasteiger charge is -2.15. The van der Waals surface area contributed by atoms with E-state index in [-0.39, 0.29) is 42.3 Å². The predicted molar refractivity (Wildman–Crippen MR) is 141 cm³/mol. The Hall–Kier alpha value is -2.08. The van der Waals surface area contributed by atoms with Gasteiger partial charge in [-0.3, -0.25) is 9.56 Å². The van der Waals surface area contributed by atoms with Gasteiger partial charge >= 0.3 is 5.69 Å². The molecular formula is C23H37IN6O3. The molecule has 1 aliphatic rings. The Morgan fingerprint density at radius 2 is 2.12 bits per heavy atom. The van der Waals surface area contributed by atoms with Crippen molar-refractivity contribution in [3.8, 4) is 5.75 Å². The van der Waals surface area contributed by atoms with Crippen molar-refractivity contribution in [3.05, 3.63) is 46.1 Å². The molecule has 184 valence electrons. The number of hydrogen-bond donors (Lipinski definition) is 3. The zero-order valence-electron chi connectivity index (χ0n) is 19.8. The number of halogens is 1. The van der Waals surface area contributed by atoms with Crippen molar-refractivity contribution in [2.24, 2.45) is 4.99 Å². The highest BCUT2D eigenvalue weighted by Gasteiger charge is 2.16. The number of benzene rings is 1. The zero-order valence-corrected chi connectivity index (χ0v) is 22.1. The van der Waals surface area contributed by atoms with E-state index in [0.717, 1.165) is 49.4 Å². The smallest absolute Gasteiger partial charge is 0.345 e. The third-order valence-corrected chi connectivity index (χ3v) is 5.25. The van der Waals surface area contributed by atoms with Crippen LogP contribution in [0, 0.1) is 0 Å². The molecule has 1 aromatic heterocycles. The maximum absolute atomic E-state index is 12.4. The number of aliphatic imine (C=N–C) groups is 1. The van der Waals surface area contributed by atoms with Crippen LogP contribution < -0.4 is 21.1 Å². The largest absolute Gasteiger partial charge is 0.491 e. The number of nitrogens with one attached hydrogen (secondary N) is 2. The van der Waals surface area contributed by atoms with Crippen LogP contribution in [-0.2, 0) is 19.5 Å². The fourth-order valence-electron chi connectivity index (χ4n) is 3.72. The van der Waals surface area contributed by atoms with E-state index in [9.17, 15) is 9.90 Å². The molecule has 0 spiro atoms. The molecule has 2 heterocycles. The number of aromatic nitrogens is 3. The van der Waals surface area contributed by atoms with E-state index in [1.807, 2.05) is 45.0 Å². The van der Waals surface area contributed by atoms with E-state index < -0.39 is 6.10 Å². The summed E-state index contributed by atoms with van der Waals surface area (Å²) in [6, 6.07) is 7.48. The van der Waals surface area contributed by atoms with Crippen LogP contribution in [0.4, 0.5) is 0 Å². The first-order valence-corrected chi connectivity index (χ1v) is 11.6. The van der Waals surface area contributed by atoms with Gasteiger partial charge in [-0.05, 0) is 57.7 Å². The van der Waals surface area contributed by atoms with E-state index in [2.05, 4.69) is 20.7 Å². The van der Waals surface area contributed by atoms with E-state index in [0.29, 0.717) is 25.6 Å². The topological polar surface area (TPSA) is 106 Å². The number of nitrogens with zero attached hydrogens (tertiary/aromatic N) is 4. The van der Waals surface area contributed by atoms with Crippen LogP contribution in [0.25, 0.3) is 0 Å². The Labute approximate surface area is 212 Å². The number of ether oxygens (including phenoxy) is 1. The molecule has 1 unspecified atom stereocenters. The molecule has 0 fully saturated rings. The maximum atomic E-state index is 12.4. The van der Waals surface area contributed by atoms with E-state index in [1.54, 1.807) is 9.25 Å². The quantitative estimate of drug-likeness (QED) is 0.175.